The van der Waals surface area contributed by atoms with E-state index < -0.39 is 6.29 Å². The Balaban J connectivity index is 2.48. The Morgan fingerprint density at radius 1 is 0.808 bits per heavy atom. The summed E-state index contributed by atoms with van der Waals surface area (Å²) in [5, 5.41) is 8.55. The van der Waals surface area contributed by atoms with E-state index in [1.54, 1.807) is 33.1 Å². The van der Waals surface area contributed by atoms with E-state index in [2.05, 4.69) is 15.6 Å². The van der Waals surface area contributed by atoms with E-state index in [9.17, 15) is 0 Å². The van der Waals surface area contributed by atoms with Gasteiger partial charge in [0, 0.05) is 28.4 Å². The molecule has 0 spiro atoms. The number of hydrogen-bond acceptors (Lipinski definition) is 7. The van der Waals surface area contributed by atoms with Crippen molar-refractivity contribution < 1.29 is 18.9 Å². The Labute approximate surface area is 154 Å². The van der Waals surface area contributed by atoms with Crippen molar-refractivity contribution in [2.24, 2.45) is 0 Å². The van der Waals surface area contributed by atoms with Crippen LogP contribution in [0.5, 0.6) is 0 Å². The van der Waals surface area contributed by atoms with Crippen LogP contribution in [0.1, 0.15) is 49.3 Å². The average Bonchev–Trinajstić information content (AvgIpc) is 3.11. The summed E-state index contributed by atoms with van der Waals surface area (Å²) in [5.41, 5.74) is 4.43. The number of aromatic nitrogens is 3. The second kappa shape index (κ2) is 9.63. The van der Waals surface area contributed by atoms with Crippen LogP contribution in [0.15, 0.2) is 30.3 Å². The van der Waals surface area contributed by atoms with E-state index in [1.807, 2.05) is 44.2 Å². The van der Waals surface area contributed by atoms with Gasteiger partial charge in [-0.25, -0.2) is 4.68 Å². The number of hydrogen-bond donors (Lipinski definition) is 1. The van der Waals surface area contributed by atoms with E-state index in [0.717, 1.165) is 5.56 Å². The minimum atomic E-state index is -0.517. The molecule has 2 unspecified atom stereocenters. The molecule has 0 bridgehead atoms. The van der Waals surface area contributed by atoms with Crippen LogP contribution in [0.4, 0.5) is 0 Å². The molecular formula is C18H28N4O4. The minimum Gasteiger partial charge on any atom is -0.374 e. The van der Waals surface area contributed by atoms with Crippen molar-refractivity contribution in [2.45, 2.75) is 38.4 Å². The Bertz CT molecular complexity index is 633. The highest BCUT2D eigenvalue weighted by atomic mass is 16.7. The van der Waals surface area contributed by atoms with Crippen LogP contribution in [-0.4, -0.2) is 49.6 Å². The molecule has 0 aliphatic heterocycles. The average molecular weight is 364 g/mol. The number of nitrogens with zero attached hydrogens (tertiary/aromatic N) is 3. The van der Waals surface area contributed by atoms with Gasteiger partial charge in [-0.1, -0.05) is 30.3 Å². The summed E-state index contributed by atoms with van der Waals surface area (Å²) < 4.78 is 23.7. The lowest BCUT2D eigenvalue weighted by molar-refractivity contribution is -0.115. The third kappa shape index (κ3) is 4.39. The molecule has 8 heteroatoms. The van der Waals surface area contributed by atoms with Crippen molar-refractivity contribution in [1.29, 1.82) is 0 Å². The molecule has 144 valence electrons. The van der Waals surface area contributed by atoms with E-state index >= 15 is 0 Å². The van der Waals surface area contributed by atoms with Crippen LogP contribution in [0, 0.1) is 0 Å². The fourth-order valence-corrected chi connectivity index (χ4v) is 2.64. The Morgan fingerprint density at radius 3 is 1.73 bits per heavy atom. The second-order valence-corrected chi connectivity index (χ2v) is 5.86. The molecule has 0 amide bonds. The highest BCUT2D eigenvalue weighted by Gasteiger charge is 2.28. The maximum atomic E-state index is 5.52. The van der Waals surface area contributed by atoms with Crippen LogP contribution in [0.3, 0.4) is 0 Å². The number of rotatable bonds is 10. The highest BCUT2D eigenvalue weighted by molar-refractivity contribution is 5.23. The summed E-state index contributed by atoms with van der Waals surface area (Å²) in [7, 11) is 6.47. The number of nitrogens with one attached hydrogen (secondary N) is 1. The quantitative estimate of drug-likeness (QED) is 0.649. The van der Waals surface area contributed by atoms with E-state index in [4.69, 9.17) is 18.9 Å². The van der Waals surface area contributed by atoms with Gasteiger partial charge in [-0.2, -0.15) is 0 Å². The third-order valence-electron chi connectivity index (χ3n) is 4.31. The maximum Gasteiger partial charge on any atom is 0.182 e. The minimum absolute atomic E-state index is 0.257. The maximum absolute atomic E-state index is 5.52. The number of ether oxygens (including phenoxy) is 4. The fourth-order valence-electron chi connectivity index (χ4n) is 2.64. The van der Waals surface area contributed by atoms with Crippen LogP contribution in [0.2, 0.25) is 0 Å². The Kier molecular flexibility index (Phi) is 7.52. The van der Waals surface area contributed by atoms with Crippen LogP contribution in [0.25, 0.3) is 0 Å². The van der Waals surface area contributed by atoms with Gasteiger partial charge in [0.1, 0.15) is 18.2 Å². The molecule has 0 aliphatic rings. The summed E-state index contributed by atoms with van der Waals surface area (Å²) in [6, 6.07) is 9.61. The summed E-state index contributed by atoms with van der Waals surface area (Å²) in [4.78, 5) is 0. The largest absolute Gasteiger partial charge is 0.374 e. The Morgan fingerprint density at radius 2 is 1.31 bits per heavy atom. The van der Waals surface area contributed by atoms with Crippen LogP contribution in [-0.2, 0) is 18.9 Å². The molecule has 3 atom stereocenters. The lowest BCUT2D eigenvalue weighted by Gasteiger charge is -2.29. The molecule has 1 aromatic carbocycles. The molecule has 1 N–H and O–H groups in total. The first-order valence-electron chi connectivity index (χ1n) is 8.45. The zero-order valence-electron chi connectivity index (χ0n) is 16.2. The molecule has 0 fully saturated rings. The van der Waals surface area contributed by atoms with E-state index in [-0.39, 0.29) is 18.2 Å². The standard InChI is InChI=1S/C18H28N4O4/c1-12(23-3)16-19-20-17(13(2)24-4)22(16)21-15(18(25-5)26-6)14-10-8-7-9-11-14/h7-13,15,18,21H,1-6H3/t12?,13?,15-/m1/s1. The first-order valence-corrected chi connectivity index (χ1v) is 8.45. The van der Waals surface area contributed by atoms with Gasteiger partial charge in [0.05, 0.1) is 0 Å². The van der Waals surface area contributed by atoms with Crippen molar-refractivity contribution in [3.8, 4) is 0 Å². The van der Waals surface area contributed by atoms with Gasteiger partial charge in [0.15, 0.2) is 17.9 Å². The van der Waals surface area contributed by atoms with Gasteiger partial charge < -0.3 is 24.4 Å². The molecular weight excluding hydrogens is 336 g/mol. The predicted octanol–water partition coefficient (Wildman–Crippen LogP) is 2.60. The molecule has 8 nitrogen and oxygen atoms in total. The summed E-state index contributed by atoms with van der Waals surface area (Å²) >= 11 is 0. The second-order valence-electron chi connectivity index (χ2n) is 5.86. The highest BCUT2D eigenvalue weighted by Crippen LogP contribution is 2.25. The van der Waals surface area contributed by atoms with E-state index in [0.29, 0.717) is 11.6 Å². The first kappa shape index (κ1) is 20.3. The summed E-state index contributed by atoms with van der Waals surface area (Å²) in [5.74, 6) is 1.27. The molecule has 0 radical (unpaired) electrons. The zero-order valence-corrected chi connectivity index (χ0v) is 16.2. The molecule has 1 aromatic heterocycles. The van der Waals surface area contributed by atoms with Gasteiger partial charge in [-0.15, -0.1) is 10.2 Å². The molecule has 2 rings (SSSR count). The Hall–Kier alpha value is -2.00. The number of benzene rings is 1. The van der Waals surface area contributed by atoms with Crippen molar-refractivity contribution >= 4 is 0 Å². The predicted molar refractivity (Wildman–Crippen MR) is 97.2 cm³/mol. The van der Waals surface area contributed by atoms with Crippen molar-refractivity contribution in [3.05, 3.63) is 47.5 Å². The smallest absolute Gasteiger partial charge is 0.182 e. The summed E-state index contributed by atoms with van der Waals surface area (Å²) in [6.45, 7) is 3.82. The van der Waals surface area contributed by atoms with Crippen molar-refractivity contribution in [2.75, 3.05) is 33.9 Å². The molecule has 26 heavy (non-hydrogen) atoms. The third-order valence-corrected chi connectivity index (χ3v) is 4.31. The van der Waals surface area contributed by atoms with Gasteiger partial charge in [0.2, 0.25) is 0 Å². The van der Waals surface area contributed by atoms with Crippen molar-refractivity contribution in [1.82, 2.24) is 14.9 Å². The van der Waals surface area contributed by atoms with Gasteiger partial charge in [-0.05, 0) is 19.4 Å². The molecule has 2 aromatic rings. The van der Waals surface area contributed by atoms with Crippen molar-refractivity contribution in [3.63, 3.8) is 0 Å². The topological polar surface area (TPSA) is 79.7 Å². The SMILES string of the molecule is COC(C)c1nnc(C(C)OC)n1N[C@H](c1ccccc1)C(OC)OC. The normalized spacial score (nSPS) is 15.0. The van der Waals surface area contributed by atoms with Gasteiger partial charge in [0.25, 0.3) is 0 Å². The monoisotopic (exact) mass is 364 g/mol. The zero-order chi connectivity index (χ0) is 19.1. The lowest BCUT2D eigenvalue weighted by Crippen LogP contribution is -2.35. The first-order chi connectivity index (χ1) is 12.6. The van der Waals surface area contributed by atoms with Crippen LogP contribution >= 0.6 is 0 Å². The number of methoxy groups -OCH3 is 4. The summed E-state index contributed by atoms with van der Waals surface area (Å²) in [6.07, 6.45) is -1.03. The molecule has 0 saturated heterocycles. The van der Waals surface area contributed by atoms with Gasteiger partial charge >= 0.3 is 0 Å². The molecule has 0 aliphatic carbocycles. The molecule has 0 saturated carbocycles. The van der Waals surface area contributed by atoms with E-state index in [1.165, 1.54) is 0 Å². The molecule has 1 heterocycles. The van der Waals surface area contributed by atoms with Gasteiger partial charge in [-0.3, -0.25) is 0 Å². The lowest BCUT2D eigenvalue weighted by atomic mass is 10.1. The van der Waals surface area contributed by atoms with Crippen LogP contribution < -0.4 is 5.43 Å². The fraction of sp³-hybridized carbons (Fsp3) is 0.556.